The maximum atomic E-state index is 12.4. The molecule has 3 aromatic rings. The molecule has 0 aliphatic rings. The summed E-state index contributed by atoms with van der Waals surface area (Å²) < 4.78 is 10.4. The molecule has 1 aromatic heterocycles. The Bertz CT molecular complexity index is 831. The number of hydrogen-bond acceptors (Lipinski definition) is 4. The number of ether oxygens (including phenoxy) is 1. The molecule has 3 rings (SSSR count). The van der Waals surface area contributed by atoms with Crippen LogP contribution in [0.15, 0.2) is 59.3 Å². The van der Waals surface area contributed by atoms with E-state index in [-0.39, 0.29) is 11.6 Å². The van der Waals surface area contributed by atoms with E-state index in [0.717, 1.165) is 5.56 Å². The smallest absolute Gasteiger partial charge is 0.278 e. The number of carbonyl (C=O) groups is 1. The first kappa shape index (κ1) is 15.1. The molecule has 0 bridgehead atoms. The second-order valence-electron chi connectivity index (χ2n) is 4.70. The van der Waals surface area contributed by atoms with E-state index < -0.39 is 0 Å². The normalized spacial score (nSPS) is 10.3. The highest BCUT2D eigenvalue weighted by Gasteiger charge is 2.18. The summed E-state index contributed by atoms with van der Waals surface area (Å²) >= 11 is 6.05. The Morgan fingerprint density at radius 2 is 2.00 bits per heavy atom. The van der Waals surface area contributed by atoms with E-state index in [1.165, 1.54) is 13.5 Å². The molecule has 5 nitrogen and oxygen atoms in total. The van der Waals surface area contributed by atoms with Crippen LogP contribution in [0.3, 0.4) is 0 Å². The van der Waals surface area contributed by atoms with Crippen molar-refractivity contribution in [1.29, 1.82) is 0 Å². The number of halogens is 1. The van der Waals surface area contributed by atoms with E-state index in [0.29, 0.717) is 22.2 Å². The summed E-state index contributed by atoms with van der Waals surface area (Å²) in [7, 11) is 1.53. The lowest BCUT2D eigenvalue weighted by Gasteiger charge is -2.07. The third-order valence-electron chi connectivity index (χ3n) is 3.23. The average molecular weight is 329 g/mol. The molecule has 0 atom stereocenters. The van der Waals surface area contributed by atoms with Crippen molar-refractivity contribution in [2.45, 2.75) is 0 Å². The van der Waals surface area contributed by atoms with Crippen molar-refractivity contribution in [2.24, 2.45) is 0 Å². The van der Waals surface area contributed by atoms with Gasteiger partial charge in [-0.25, -0.2) is 4.98 Å². The molecule has 1 heterocycles. The van der Waals surface area contributed by atoms with Crippen LogP contribution < -0.4 is 10.1 Å². The summed E-state index contributed by atoms with van der Waals surface area (Å²) in [6, 6.07) is 14.3. The Kier molecular flexibility index (Phi) is 4.30. The standard InChI is InChI=1S/C17H13ClN2O3/c1-22-14-8-7-12(9-13(14)18)20-17(21)15-16(23-10-19-15)11-5-3-2-4-6-11/h2-10H,1H3,(H,20,21). The molecule has 2 aromatic carbocycles. The number of nitrogens with one attached hydrogen (secondary N) is 1. The molecule has 0 radical (unpaired) electrons. The van der Waals surface area contributed by atoms with Crippen LogP contribution in [-0.2, 0) is 0 Å². The summed E-state index contributed by atoms with van der Waals surface area (Å²) in [6.45, 7) is 0. The summed E-state index contributed by atoms with van der Waals surface area (Å²) in [6.07, 6.45) is 1.25. The minimum atomic E-state index is -0.376. The third-order valence-corrected chi connectivity index (χ3v) is 3.52. The molecule has 0 unspecified atom stereocenters. The van der Waals surface area contributed by atoms with Crippen LogP contribution in [0.5, 0.6) is 5.75 Å². The average Bonchev–Trinajstić information content (AvgIpc) is 3.05. The van der Waals surface area contributed by atoms with Crippen LogP contribution in [-0.4, -0.2) is 18.0 Å². The molecule has 23 heavy (non-hydrogen) atoms. The van der Waals surface area contributed by atoms with E-state index >= 15 is 0 Å². The molecule has 0 aliphatic heterocycles. The Morgan fingerprint density at radius 1 is 1.22 bits per heavy atom. The number of nitrogens with zero attached hydrogens (tertiary/aromatic N) is 1. The Hall–Kier alpha value is -2.79. The van der Waals surface area contributed by atoms with E-state index in [4.69, 9.17) is 20.8 Å². The number of hydrogen-bond donors (Lipinski definition) is 1. The molecule has 0 saturated heterocycles. The van der Waals surface area contributed by atoms with Crippen molar-refractivity contribution in [3.63, 3.8) is 0 Å². The molecular weight excluding hydrogens is 316 g/mol. The van der Waals surface area contributed by atoms with E-state index in [9.17, 15) is 4.79 Å². The summed E-state index contributed by atoms with van der Waals surface area (Å²) in [5.41, 5.74) is 1.54. The maximum Gasteiger partial charge on any atom is 0.278 e. The zero-order valence-electron chi connectivity index (χ0n) is 12.2. The largest absolute Gasteiger partial charge is 0.495 e. The van der Waals surface area contributed by atoms with Crippen molar-refractivity contribution >= 4 is 23.2 Å². The molecule has 116 valence electrons. The summed E-state index contributed by atoms with van der Waals surface area (Å²) in [5.74, 6) is 0.581. The van der Waals surface area contributed by atoms with Crippen LogP contribution in [0.2, 0.25) is 5.02 Å². The van der Waals surface area contributed by atoms with Gasteiger partial charge < -0.3 is 14.5 Å². The maximum absolute atomic E-state index is 12.4. The van der Waals surface area contributed by atoms with E-state index in [2.05, 4.69) is 10.3 Å². The highest BCUT2D eigenvalue weighted by atomic mass is 35.5. The topological polar surface area (TPSA) is 64.4 Å². The fourth-order valence-electron chi connectivity index (χ4n) is 2.14. The highest BCUT2D eigenvalue weighted by molar-refractivity contribution is 6.32. The van der Waals surface area contributed by atoms with Gasteiger partial charge in [0.25, 0.3) is 5.91 Å². The van der Waals surface area contributed by atoms with Crippen molar-refractivity contribution < 1.29 is 13.9 Å². The molecule has 1 N–H and O–H groups in total. The summed E-state index contributed by atoms with van der Waals surface area (Å²) in [5, 5.41) is 3.16. The first-order valence-electron chi connectivity index (χ1n) is 6.83. The first-order chi connectivity index (χ1) is 11.2. The Morgan fingerprint density at radius 3 is 2.70 bits per heavy atom. The fourth-order valence-corrected chi connectivity index (χ4v) is 2.39. The van der Waals surface area contributed by atoms with Crippen molar-refractivity contribution in [1.82, 2.24) is 4.98 Å². The fraction of sp³-hybridized carbons (Fsp3) is 0.0588. The monoisotopic (exact) mass is 328 g/mol. The highest BCUT2D eigenvalue weighted by Crippen LogP contribution is 2.28. The first-order valence-corrected chi connectivity index (χ1v) is 7.20. The number of amides is 1. The zero-order valence-corrected chi connectivity index (χ0v) is 13.0. The molecule has 0 saturated carbocycles. The zero-order chi connectivity index (χ0) is 16.2. The minimum absolute atomic E-state index is 0.211. The van der Waals surface area contributed by atoms with Crippen LogP contribution in [0.4, 0.5) is 5.69 Å². The number of anilines is 1. The van der Waals surface area contributed by atoms with Crippen LogP contribution in [0, 0.1) is 0 Å². The van der Waals surface area contributed by atoms with Gasteiger partial charge in [-0.1, -0.05) is 41.9 Å². The number of methoxy groups -OCH3 is 1. The molecule has 1 amide bonds. The van der Waals surface area contributed by atoms with Crippen molar-refractivity contribution in [3.8, 4) is 17.1 Å². The molecular formula is C17H13ClN2O3. The molecule has 0 spiro atoms. The van der Waals surface area contributed by atoms with Crippen molar-refractivity contribution in [3.05, 3.63) is 65.6 Å². The number of carbonyl (C=O) groups excluding carboxylic acids is 1. The second-order valence-corrected chi connectivity index (χ2v) is 5.11. The van der Waals surface area contributed by atoms with Crippen LogP contribution in [0.25, 0.3) is 11.3 Å². The van der Waals surface area contributed by atoms with Gasteiger partial charge in [0, 0.05) is 11.3 Å². The van der Waals surface area contributed by atoms with Crippen LogP contribution in [0.1, 0.15) is 10.5 Å². The van der Waals surface area contributed by atoms with Crippen molar-refractivity contribution in [2.75, 3.05) is 12.4 Å². The van der Waals surface area contributed by atoms with Gasteiger partial charge in [0.2, 0.25) is 0 Å². The van der Waals surface area contributed by atoms with Gasteiger partial charge in [0.1, 0.15) is 5.75 Å². The third kappa shape index (κ3) is 3.19. The summed E-state index contributed by atoms with van der Waals surface area (Å²) in [4.78, 5) is 16.4. The molecule has 6 heteroatoms. The Balaban J connectivity index is 1.85. The SMILES string of the molecule is COc1ccc(NC(=O)c2ncoc2-c2ccccc2)cc1Cl. The van der Waals surface area contributed by atoms with Gasteiger partial charge in [-0.15, -0.1) is 0 Å². The Labute approximate surface area is 137 Å². The lowest BCUT2D eigenvalue weighted by molar-refractivity contribution is 0.102. The predicted octanol–water partition coefficient (Wildman–Crippen LogP) is 4.26. The van der Waals surface area contributed by atoms with Gasteiger partial charge in [-0.3, -0.25) is 4.79 Å². The predicted molar refractivity (Wildman–Crippen MR) is 87.9 cm³/mol. The van der Waals surface area contributed by atoms with Crippen LogP contribution >= 0.6 is 11.6 Å². The molecule has 0 fully saturated rings. The quantitative estimate of drug-likeness (QED) is 0.777. The lowest BCUT2D eigenvalue weighted by Crippen LogP contribution is -2.13. The number of oxazole rings is 1. The molecule has 0 aliphatic carbocycles. The lowest BCUT2D eigenvalue weighted by atomic mass is 10.1. The van der Waals surface area contributed by atoms with Gasteiger partial charge in [-0.2, -0.15) is 0 Å². The van der Waals surface area contributed by atoms with Gasteiger partial charge in [0.05, 0.1) is 12.1 Å². The number of benzene rings is 2. The van der Waals surface area contributed by atoms with Gasteiger partial charge >= 0.3 is 0 Å². The number of aromatic nitrogens is 1. The van der Waals surface area contributed by atoms with Gasteiger partial charge in [0.15, 0.2) is 17.8 Å². The van der Waals surface area contributed by atoms with E-state index in [1.54, 1.807) is 18.2 Å². The minimum Gasteiger partial charge on any atom is -0.495 e. The second kappa shape index (κ2) is 6.54. The number of rotatable bonds is 4. The van der Waals surface area contributed by atoms with Gasteiger partial charge in [-0.05, 0) is 18.2 Å². The van der Waals surface area contributed by atoms with E-state index in [1.807, 2.05) is 30.3 Å².